The molecule has 0 spiro atoms. The van der Waals surface area contributed by atoms with Crippen molar-refractivity contribution in [3.05, 3.63) is 23.3 Å². The number of hydrogen-bond acceptors (Lipinski definition) is 4. The second kappa shape index (κ2) is 8.97. The molecule has 1 aliphatic heterocycles. The molecule has 0 bridgehead atoms. The molecular weight excluding hydrogens is 346 g/mol. The smallest absolute Gasteiger partial charge is 0.318 e. The number of urea groups is 1. The van der Waals surface area contributed by atoms with E-state index in [4.69, 9.17) is 9.47 Å². The van der Waals surface area contributed by atoms with E-state index in [1.165, 1.54) is 0 Å². The number of methoxy groups -OCH3 is 2. The zero-order chi connectivity index (χ0) is 20.1. The molecule has 2 rings (SSSR count). The van der Waals surface area contributed by atoms with E-state index >= 15 is 0 Å². The average molecular weight is 377 g/mol. The van der Waals surface area contributed by atoms with Crippen LogP contribution in [0.2, 0.25) is 0 Å². The third-order valence-corrected chi connectivity index (χ3v) is 4.67. The predicted molar refractivity (Wildman–Crippen MR) is 104 cm³/mol. The van der Waals surface area contributed by atoms with Crippen LogP contribution in [0.15, 0.2) is 12.1 Å². The molecular formula is C20H31N3O4. The third kappa shape index (κ3) is 4.84. The maximum Gasteiger partial charge on any atom is 0.318 e. The van der Waals surface area contributed by atoms with Crippen molar-refractivity contribution in [3.63, 3.8) is 0 Å². The van der Waals surface area contributed by atoms with Gasteiger partial charge in [0.15, 0.2) is 11.5 Å². The molecule has 0 aromatic heterocycles. The van der Waals surface area contributed by atoms with E-state index in [1.54, 1.807) is 19.1 Å². The summed E-state index contributed by atoms with van der Waals surface area (Å²) in [6, 6.07) is 3.51. The van der Waals surface area contributed by atoms with Crippen LogP contribution in [0.1, 0.15) is 44.9 Å². The van der Waals surface area contributed by atoms with E-state index in [1.807, 2.05) is 39.8 Å². The van der Waals surface area contributed by atoms with Gasteiger partial charge >= 0.3 is 6.03 Å². The van der Waals surface area contributed by atoms with Crippen molar-refractivity contribution in [2.45, 2.75) is 46.2 Å². The first kappa shape index (κ1) is 20.9. The fourth-order valence-electron chi connectivity index (χ4n) is 3.22. The second-order valence-corrected chi connectivity index (χ2v) is 7.37. The van der Waals surface area contributed by atoms with Gasteiger partial charge in [-0.25, -0.2) is 4.79 Å². The quantitative estimate of drug-likeness (QED) is 0.798. The number of nitrogens with one attached hydrogen (secondary N) is 2. The lowest BCUT2D eigenvalue weighted by Crippen LogP contribution is -2.50. The summed E-state index contributed by atoms with van der Waals surface area (Å²) < 4.78 is 10.8. The molecule has 150 valence electrons. The average Bonchev–Trinajstić information content (AvgIpc) is 2.63. The summed E-state index contributed by atoms with van der Waals surface area (Å²) in [6.07, 6.45) is 0.718. The largest absolute Gasteiger partial charge is 0.493 e. The van der Waals surface area contributed by atoms with E-state index in [9.17, 15) is 9.59 Å². The zero-order valence-electron chi connectivity index (χ0n) is 17.1. The summed E-state index contributed by atoms with van der Waals surface area (Å²) in [5.41, 5.74) is 2.08. The molecule has 1 aliphatic rings. The molecule has 27 heavy (non-hydrogen) atoms. The Morgan fingerprint density at radius 1 is 1.15 bits per heavy atom. The number of ether oxygens (including phenoxy) is 2. The molecule has 0 fully saturated rings. The maximum atomic E-state index is 12.7. The number of hydrogen-bond donors (Lipinski definition) is 2. The van der Waals surface area contributed by atoms with Crippen LogP contribution in [0.3, 0.4) is 0 Å². The van der Waals surface area contributed by atoms with Crippen LogP contribution in [-0.2, 0) is 11.2 Å². The van der Waals surface area contributed by atoms with Crippen molar-refractivity contribution in [1.29, 1.82) is 0 Å². The van der Waals surface area contributed by atoms with Crippen molar-refractivity contribution in [3.8, 4) is 11.5 Å². The van der Waals surface area contributed by atoms with Crippen molar-refractivity contribution in [2.75, 3.05) is 27.3 Å². The van der Waals surface area contributed by atoms with Crippen LogP contribution in [0.25, 0.3) is 0 Å². The summed E-state index contributed by atoms with van der Waals surface area (Å²) in [7, 11) is 3.20. The van der Waals surface area contributed by atoms with Gasteiger partial charge in [0.2, 0.25) is 5.91 Å². The zero-order valence-corrected chi connectivity index (χ0v) is 17.1. The van der Waals surface area contributed by atoms with Crippen LogP contribution in [0.4, 0.5) is 4.79 Å². The molecule has 0 radical (unpaired) electrons. The van der Waals surface area contributed by atoms with Crippen LogP contribution < -0.4 is 20.1 Å². The Morgan fingerprint density at radius 3 is 2.33 bits per heavy atom. The van der Waals surface area contributed by atoms with E-state index < -0.39 is 0 Å². The van der Waals surface area contributed by atoms with Gasteiger partial charge in [-0.3, -0.25) is 4.79 Å². The molecule has 3 amide bonds. The number of benzene rings is 1. The van der Waals surface area contributed by atoms with Crippen molar-refractivity contribution in [1.82, 2.24) is 15.5 Å². The van der Waals surface area contributed by atoms with Gasteiger partial charge < -0.3 is 25.0 Å². The Balaban J connectivity index is 2.38. The number of carbonyl (C=O) groups is 2. The minimum absolute atomic E-state index is 0.0354. The Labute approximate surface area is 161 Å². The van der Waals surface area contributed by atoms with Crippen LogP contribution in [-0.4, -0.2) is 50.2 Å². The van der Waals surface area contributed by atoms with Crippen molar-refractivity contribution >= 4 is 11.9 Å². The van der Waals surface area contributed by atoms with Gasteiger partial charge in [0.1, 0.15) is 0 Å². The van der Waals surface area contributed by atoms with E-state index in [0.717, 1.165) is 17.5 Å². The Morgan fingerprint density at radius 2 is 1.78 bits per heavy atom. The summed E-state index contributed by atoms with van der Waals surface area (Å²) in [4.78, 5) is 26.6. The van der Waals surface area contributed by atoms with E-state index in [-0.39, 0.29) is 29.9 Å². The molecule has 0 saturated heterocycles. The van der Waals surface area contributed by atoms with Gasteiger partial charge in [0.05, 0.1) is 20.3 Å². The van der Waals surface area contributed by atoms with Gasteiger partial charge in [-0.1, -0.05) is 13.8 Å². The minimum atomic E-state index is -0.269. The van der Waals surface area contributed by atoms with Crippen LogP contribution >= 0.6 is 0 Å². The molecule has 1 atom stereocenters. The van der Waals surface area contributed by atoms with Crippen LogP contribution in [0.5, 0.6) is 11.5 Å². The lowest BCUT2D eigenvalue weighted by atomic mass is 9.91. The molecule has 1 aromatic carbocycles. The van der Waals surface area contributed by atoms with Gasteiger partial charge in [-0.15, -0.1) is 0 Å². The maximum absolute atomic E-state index is 12.7. The lowest BCUT2D eigenvalue weighted by Gasteiger charge is -2.38. The highest BCUT2D eigenvalue weighted by Crippen LogP contribution is 2.38. The fourth-order valence-corrected chi connectivity index (χ4v) is 3.22. The standard InChI is InChI=1S/C20H31N3O4/c1-12(2)19(24)21-11-16-15-10-18(27-6)17(26-5)9-14(15)7-8-23(16)20(25)22-13(3)4/h9-10,12-13,16H,7-8,11H2,1-6H3,(H,21,24)(H,22,25). The highest BCUT2D eigenvalue weighted by atomic mass is 16.5. The number of carbonyl (C=O) groups excluding carboxylic acids is 2. The van der Waals surface area contributed by atoms with Crippen molar-refractivity contribution in [2.24, 2.45) is 5.92 Å². The molecule has 1 aromatic rings. The second-order valence-electron chi connectivity index (χ2n) is 7.37. The first-order valence-corrected chi connectivity index (χ1v) is 9.38. The number of fused-ring (bicyclic) bond motifs is 1. The van der Waals surface area contributed by atoms with Gasteiger partial charge in [0, 0.05) is 25.0 Å². The minimum Gasteiger partial charge on any atom is -0.493 e. The van der Waals surface area contributed by atoms with E-state index in [0.29, 0.717) is 24.6 Å². The predicted octanol–water partition coefficient (Wildman–Crippen LogP) is 2.49. The molecule has 0 aliphatic carbocycles. The fraction of sp³-hybridized carbons (Fsp3) is 0.600. The highest BCUT2D eigenvalue weighted by Gasteiger charge is 2.32. The molecule has 7 heteroatoms. The number of nitrogens with zero attached hydrogens (tertiary/aromatic N) is 1. The Kier molecular flexibility index (Phi) is 6.93. The molecule has 1 unspecified atom stereocenters. The Hall–Kier alpha value is -2.44. The van der Waals surface area contributed by atoms with Crippen LogP contribution in [0, 0.1) is 5.92 Å². The first-order chi connectivity index (χ1) is 12.8. The van der Waals surface area contributed by atoms with Gasteiger partial charge in [-0.05, 0) is 43.5 Å². The summed E-state index contributed by atoms with van der Waals surface area (Å²) in [6.45, 7) is 8.48. The Bertz CT molecular complexity index is 688. The lowest BCUT2D eigenvalue weighted by molar-refractivity contribution is -0.124. The summed E-state index contributed by atoms with van der Waals surface area (Å²) >= 11 is 0. The van der Waals surface area contributed by atoms with Gasteiger partial charge in [-0.2, -0.15) is 0 Å². The molecule has 2 N–H and O–H groups in total. The summed E-state index contributed by atoms with van der Waals surface area (Å²) in [5, 5.41) is 5.92. The monoisotopic (exact) mass is 377 g/mol. The molecule has 7 nitrogen and oxygen atoms in total. The first-order valence-electron chi connectivity index (χ1n) is 9.38. The van der Waals surface area contributed by atoms with Gasteiger partial charge in [0.25, 0.3) is 0 Å². The number of rotatable bonds is 6. The normalized spacial score (nSPS) is 16.1. The molecule has 0 saturated carbocycles. The number of amides is 3. The third-order valence-electron chi connectivity index (χ3n) is 4.67. The topological polar surface area (TPSA) is 79.9 Å². The molecule has 1 heterocycles. The van der Waals surface area contributed by atoms with E-state index in [2.05, 4.69) is 10.6 Å². The summed E-state index contributed by atoms with van der Waals surface area (Å²) in [5.74, 6) is 1.13. The van der Waals surface area contributed by atoms with Crippen molar-refractivity contribution < 1.29 is 19.1 Å². The highest BCUT2D eigenvalue weighted by molar-refractivity contribution is 5.78. The SMILES string of the molecule is COc1cc2c(cc1OC)C(CNC(=O)C(C)C)N(C(=O)NC(C)C)CC2.